The largest absolute Gasteiger partial charge is 0.467 e. The summed E-state index contributed by atoms with van der Waals surface area (Å²) in [5.74, 6) is 0.0347. The summed E-state index contributed by atoms with van der Waals surface area (Å²) in [6.07, 6.45) is 1.40. The molecule has 0 aromatic carbocycles. The van der Waals surface area contributed by atoms with Crippen molar-refractivity contribution in [3.63, 3.8) is 0 Å². The number of carbonyl (C=O) groups is 2. The highest BCUT2D eigenvalue weighted by Gasteiger charge is 2.37. The van der Waals surface area contributed by atoms with Gasteiger partial charge in [-0.1, -0.05) is 20.8 Å². The van der Waals surface area contributed by atoms with Crippen molar-refractivity contribution in [2.24, 2.45) is 0 Å². The minimum Gasteiger partial charge on any atom is -0.467 e. The van der Waals surface area contributed by atoms with Crippen molar-refractivity contribution in [3.05, 3.63) is 11.6 Å². The minimum atomic E-state index is -0.524. The molecule has 1 aromatic heterocycles. The fourth-order valence-corrected chi connectivity index (χ4v) is 2.21. The number of H-pyrrole nitrogens is 1. The number of likely N-dealkylation sites (tertiary alicyclic amines) is 1. The molecule has 1 N–H and O–H groups in total. The fourth-order valence-electron chi connectivity index (χ4n) is 2.21. The van der Waals surface area contributed by atoms with E-state index in [1.165, 1.54) is 12.0 Å². The summed E-state index contributed by atoms with van der Waals surface area (Å²) in [5, 5.41) is 6.75. The molecule has 0 bridgehead atoms. The van der Waals surface area contributed by atoms with Gasteiger partial charge in [-0.2, -0.15) is 0 Å². The molecule has 0 spiro atoms. The van der Waals surface area contributed by atoms with Gasteiger partial charge in [0.25, 0.3) is 5.91 Å². The molecule has 0 saturated carbocycles. The van der Waals surface area contributed by atoms with Gasteiger partial charge in [-0.15, -0.1) is 5.10 Å². The molecule has 1 aliphatic rings. The number of hydrogen-bond acceptors (Lipinski definition) is 5. The van der Waals surface area contributed by atoms with Gasteiger partial charge in [-0.05, 0) is 12.8 Å². The van der Waals surface area contributed by atoms with Crippen LogP contribution in [0.15, 0.2) is 0 Å². The first kappa shape index (κ1) is 14.5. The van der Waals surface area contributed by atoms with E-state index in [4.69, 9.17) is 4.74 Å². The summed E-state index contributed by atoms with van der Waals surface area (Å²) < 4.78 is 4.73. The van der Waals surface area contributed by atoms with Crippen molar-refractivity contribution in [1.82, 2.24) is 20.1 Å². The quantitative estimate of drug-likeness (QED) is 0.812. The number of ether oxygens (including phenoxy) is 1. The second-order valence-electron chi connectivity index (χ2n) is 5.94. The van der Waals surface area contributed by atoms with Gasteiger partial charge in [-0.3, -0.25) is 9.89 Å². The number of nitrogens with one attached hydrogen (secondary N) is 1. The zero-order valence-electron chi connectivity index (χ0n) is 12.3. The fraction of sp³-hybridized carbons (Fsp3) is 0.692. The number of hydrogen-bond donors (Lipinski definition) is 1. The molecule has 20 heavy (non-hydrogen) atoms. The third-order valence-electron chi connectivity index (χ3n) is 3.37. The predicted molar refractivity (Wildman–Crippen MR) is 71.2 cm³/mol. The number of aromatic amines is 1. The Balaban J connectivity index is 2.19. The summed E-state index contributed by atoms with van der Waals surface area (Å²) in [6, 6.07) is -0.524. The van der Waals surface area contributed by atoms with E-state index in [-0.39, 0.29) is 23.1 Å². The van der Waals surface area contributed by atoms with Crippen LogP contribution in [-0.4, -0.2) is 51.7 Å². The van der Waals surface area contributed by atoms with Gasteiger partial charge < -0.3 is 9.64 Å². The van der Waals surface area contributed by atoms with Crippen LogP contribution in [0.3, 0.4) is 0 Å². The Hall–Kier alpha value is -1.92. The summed E-state index contributed by atoms with van der Waals surface area (Å²) >= 11 is 0. The lowest BCUT2D eigenvalue weighted by molar-refractivity contribution is -0.145. The molecule has 0 aliphatic carbocycles. The third kappa shape index (κ3) is 2.66. The zero-order valence-corrected chi connectivity index (χ0v) is 12.3. The molecule has 1 unspecified atom stereocenters. The summed E-state index contributed by atoms with van der Waals surface area (Å²) in [7, 11) is 1.33. The molecule has 2 heterocycles. The first-order chi connectivity index (χ1) is 9.34. The molecule has 1 atom stereocenters. The smallest absolute Gasteiger partial charge is 0.328 e. The SMILES string of the molecule is COC(=O)C1CCCN1C(=O)c1n[nH]c(C(C)(C)C)n1. The van der Waals surface area contributed by atoms with Crippen molar-refractivity contribution in [2.45, 2.75) is 45.1 Å². The number of rotatable bonds is 2. The normalized spacial score (nSPS) is 19.2. The molecule has 7 nitrogen and oxygen atoms in total. The molecular weight excluding hydrogens is 260 g/mol. The third-order valence-corrected chi connectivity index (χ3v) is 3.37. The highest BCUT2D eigenvalue weighted by Crippen LogP contribution is 2.22. The van der Waals surface area contributed by atoms with Crippen LogP contribution in [0.4, 0.5) is 0 Å². The van der Waals surface area contributed by atoms with E-state index >= 15 is 0 Å². The van der Waals surface area contributed by atoms with Gasteiger partial charge in [0.15, 0.2) is 0 Å². The van der Waals surface area contributed by atoms with Crippen molar-refractivity contribution >= 4 is 11.9 Å². The van der Waals surface area contributed by atoms with Gasteiger partial charge in [0.2, 0.25) is 5.82 Å². The van der Waals surface area contributed by atoms with Crippen LogP contribution >= 0.6 is 0 Å². The Bertz CT molecular complexity index is 518. The van der Waals surface area contributed by atoms with E-state index < -0.39 is 6.04 Å². The van der Waals surface area contributed by atoms with Gasteiger partial charge in [0.05, 0.1) is 7.11 Å². The first-order valence-electron chi connectivity index (χ1n) is 6.66. The predicted octanol–water partition coefficient (Wildman–Crippen LogP) is 0.880. The van der Waals surface area contributed by atoms with Gasteiger partial charge in [-0.25, -0.2) is 9.78 Å². The molecule has 1 aromatic rings. The molecular formula is C13H20N4O3. The highest BCUT2D eigenvalue weighted by molar-refractivity contribution is 5.94. The Morgan fingerprint density at radius 1 is 1.40 bits per heavy atom. The van der Waals surface area contributed by atoms with Crippen LogP contribution in [0.25, 0.3) is 0 Å². The minimum absolute atomic E-state index is 0.103. The Kier molecular flexibility index (Phi) is 3.78. The summed E-state index contributed by atoms with van der Waals surface area (Å²) in [5.41, 5.74) is -0.210. The maximum Gasteiger partial charge on any atom is 0.328 e. The monoisotopic (exact) mass is 280 g/mol. The van der Waals surface area contributed by atoms with E-state index in [9.17, 15) is 9.59 Å². The Labute approximate surface area is 117 Å². The zero-order chi connectivity index (χ0) is 14.9. The van der Waals surface area contributed by atoms with Crippen molar-refractivity contribution in [1.29, 1.82) is 0 Å². The van der Waals surface area contributed by atoms with Crippen molar-refractivity contribution in [3.8, 4) is 0 Å². The van der Waals surface area contributed by atoms with Gasteiger partial charge >= 0.3 is 5.97 Å². The second-order valence-corrected chi connectivity index (χ2v) is 5.94. The number of aromatic nitrogens is 3. The first-order valence-corrected chi connectivity index (χ1v) is 6.66. The molecule has 7 heteroatoms. The van der Waals surface area contributed by atoms with Crippen molar-refractivity contribution < 1.29 is 14.3 Å². The Morgan fingerprint density at radius 3 is 2.65 bits per heavy atom. The van der Waals surface area contributed by atoms with E-state index in [1.807, 2.05) is 20.8 Å². The van der Waals surface area contributed by atoms with E-state index in [2.05, 4.69) is 15.2 Å². The van der Waals surface area contributed by atoms with E-state index in [0.717, 1.165) is 6.42 Å². The molecule has 1 saturated heterocycles. The Morgan fingerprint density at radius 2 is 2.10 bits per heavy atom. The number of esters is 1. The van der Waals surface area contributed by atoms with Gasteiger partial charge in [0, 0.05) is 12.0 Å². The number of carbonyl (C=O) groups excluding carboxylic acids is 2. The van der Waals surface area contributed by atoms with Crippen LogP contribution in [0.2, 0.25) is 0 Å². The van der Waals surface area contributed by atoms with Crippen LogP contribution in [-0.2, 0) is 14.9 Å². The topological polar surface area (TPSA) is 88.2 Å². The maximum absolute atomic E-state index is 12.4. The summed E-state index contributed by atoms with van der Waals surface area (Å²) in [6.45, 7) is 6.47. The van der Waals surface area contributed by atoms with Crippen LogP contribution in [0, 0.1) is 0 Å². The molecule has 1 fully saturated rings. The molecule has 2 rings (SSSR count). The lowest BCUT2D eigenvalue weighted by Crippen LogP contribution is -2.41. The van der Waals surface area contributed by atoms with Crippen LogP contribution < -0.4 is 0 Å². The van der Waals surface area contributed by atoms with E-state index in [0.29, 0.717) is 18.8 Å². The number of amides is 1. The molecule has 0 radical (unpaired) electrons. The number of nitrogens with zero attached hydrogens (tertiary/aromatic N) is 3. The molecule has 1 amide bonds. The highest BCUT2D eigenvalue weighted by atomic mass is 16.5. The van der Waals surface area contributed by atoms with Crippen LogP contribution in [0.5, 0.6) is 0 Å². The summed E-state index contributed by atoms with van der Waals surface area (Å²) in [4.78, 5) is 29.8. The van der Waals surface area contributed by atoms with Gasteiger partial charge in [0.1, 0.15) is 11.9 Å². The molecule has 1 aliphatic heterocycles. The standard InChI is InChI=1S/C13H20N4O3/c1-13(2,3)12-14-9(15-16-12)10(18)17-7-5-6-8(17)11(19)20-4/h8H,5-7H2,1-4H3,(H,14,15,16). The average molecular weight is 280 g/mol. The number of methoxy groups -OCH3 is 1. The van der Waals surface area contributed by atoms with Crippen molar-refractivity contribution in [2.75, 3.05) is 13.7 Å². The second kappa shape index (κ2) is 5.22. The lowest BCUT2D eigenvalue weighted by Gasteiger charge is -2.21. The average Bonchev–Trinajstić information content (AvgIpc) is 3.04. The van der Waals surface area contributed by atoms with Crippen LogP contribution in [0.1, 0.15) is 50.1 Å². The van der Waals surface area contributed by atoms with E-state index in [1.54, 1.807) is 0 Å². The maximum atomic E-state index is 12.4. The lowest BCUT2D eigenvalue weighted by atomic mass is 9.96. The molecule has 110 valence electrons.